The summed E-state index contributed by atoms with van der Waals surface area (Å²) in [7, 11) is 1.55. The van der Waals surface area contributed by atoms with E-state index in [2.05, 4.69) is 12.2 Å². The number of carbonyl (C=O) groups is 2. The van der Waals surface area contributed by atoms with Gasteiger partial charge in [0.1, 0.15) is 0 Å². The first-order chi connectivity index (χ1) is 13.9. The van der Waals surface area contributed by atoms with Crippen molar-refractivity contribution in [1.29, 1.82) is 0 Å². The third-order valence-corrected chi connectivity index (χ3v) is 3.95. The van der Waals surface area contributed by atoms with Crippen molar-refractivity contribution >= 4 is 23.6 Å². The molecule has 0 heterocycles. The Bertz CT molecular complexity index is 856. The quantitative estimate of drug-likeness (QED) is 0.506. The highest BCUT2D eigenvalue weighted by Crippen LogP contribution is 2.29. The van der Waals surface area contributed by atoms with Crippen LogP contribution in [0.15, 0.2) is 48.5 Å². The minimum absolute atomic E-state index is 0.0241. The summed E-state index contributed by atoms with van der Waals surface area (Å²) < 4.78 is 16.0. The van der Waals surface area contributed by atoms with Crippen LogP contribution in [0.25, 0.3) is 6.08 Å². The number of ether oxygens (including phenoxy) is 3. The fraction of sp³-hybridized carbons (Fsp3) is 0.304. The van der Waals surface area contributed by atoms with Crippen LogP contribution >= 0.6 is 0 Å². The third kappa shape index (κ3) is 7.33. The number of esters is 1. The Labute approximate surface area is 171 Å². The smallest absolute Gasteiger partial charge is 0.331 e. The van der Waals surface area contributed by atoms with Gasteiger partial charge in [0.15, 0.2) is 18.1 Å². The molecular formula is C23H27NO5. The average molecular weight is 397 g/mol. The van der Waals surface area contributed by atoms with Crippen LogP contribution in [-0.4, -0.2) is 31.7 Å². The van der Waals surface area contributed by atoms with Gasteiger partial charge in [-0.25, -0.2) is 4.79 Å². The summed E-state index contributed by atoms with van der Waals surface area (Å²) in [6, 6.07) is 12.9. The van der Waals surface area contributed by atoms with Crippen molar-refractivity contribution in [2.75, 3.05) is 19.0 Å². The summed E-state index contributed by atoms with van der Waals surface area (Å²) in [5, 5.41) is 2.69. The lowest BCUT2D eigenvalue weighted by Crippen LogP contribution is -2.20. The van der Waals surface area contributed by atoms with E-state index in [1.807, 2.05) is 38.1 Å². The number of anilines is 1. The Hall–Kier alpha value is -3.28. The maximum atomic E-state index is 11.9. The van der Waals surface area contributed by atoms with E-state index in [1.165, 1.54) is 11.6 Å². The van der Waals surface area contributed by atoms with Crippen LogP contribution in [0.3, 0.4) is 0 Å². The second kappa shape index (κ2) is 10.9. The van der Waals surface area contributed by atoms with Crippen LogP contribution in [0.2, 0.25) is 0 Å². The first-order valence-electron chi connectivity index (χ1n) is 9.49. The first-order valence-corrected chi connectivity index (χ1v) is 9.49. The second-order valence-electron chi connectivity index (χ2n) is 6.62. The predicted molar refractivity (Wildman–Crippen MR) is 113 cm³/mol. The van der Waals surface area contributed by atoms with Crippen molar-refractivity contribution in [3.63, 3.8) is 0 Å². The van der Waals surface area contributed by atoms with E-state index in [0.717, 1.165) is 12.0 Å². The molecular weight excluding hydrogens is 370 g/mol. The zero-order valence-electron chi connectivity index (χ0n) is 17.2. The van der Waals surface area contributed by atoms with Crippen LogP contribution in [0.1, 0.15) is 31.9 Å². The van der Waals surface area contributed by atoms with E-state index in [-0.39, 0.29) is 12.7 Å². The molecule has 0 aromatic heterocycles. The highest BCUT2D eigenvalue weighted by molar-refractivity contribution is 5.94. The van der Waals surface area contributed by atoms with Gasteiger partial charge in [0, 0.05) is 11.8 Å². The molecule has 2 rings (SSSR count). The lowest BCUT2D eigenvalue weighted by atomic mass is 10.1. The van der Waals surface area contributed by atoms with Gasteiger partial charge in [0.25, 0.3) is 5.91 Å². The maximum absolute atomic E-state index is 11.9. The van der Waals surface area contributed by atoms with Gasteiger partial charge in [-0.2, -0.15) is 0 Å². The van der Waals surface area contributed by atoms with Gasteiger partial charge < -0.3 is 19.5 Å². The standard InChI is InChI=1S/C23H27NO5/c1-5-17-6-10-19(11-7-17)24-22(25)15-28-23(26)13-9-18-8-12-20(29-16(2)3)21(14-18)27-4/h6-14,16H,5,15H2,1-4H3,(H,24,25)/b13-9+. The summed E-state index contributed by atoms with van der Waals surface area (Å²) in [6.07, 6.45) is 3.81. The number of carbonyl (C=O) groups excluding carboxylic acids is 2. The summed E-state index contributed by atoms with van der Waals surface area (Å²) in [5.74, 6) is 0.198. The molecule has 0 bridgehead atoms. The van der Waals surface area contributed by atoms with E-state index in [4.69, 9.17) is 14.2 Å². The minimum atomic E-state index is -0.608. The molecule has 0 fully saturated rings. The van der Waals surface area contributed by atoms with Gasteiger partial charge in [-0.05, 0) is 61.7 Å². The first kappa shape index (κ1) is 22.0. The summed E-state index contributed by atoms with van der Waals surface area (Å²) in [5.41, 5.74) is 2.59. The average Bonchev–Trinajstić information content (AvgIpc) is 2.71. The zero-order valence-corrected chi connectivity index (χ0v) is 17.2. The normalized spacial score (nSPS) is 10.8. The molecule has 0 aliphatic rings. The maximum Gasteiger partial charge on any atom is 0.331 e. The number of hydrogen-bond acceptors (Lipinski definition) is 5. The molecule has 6 nitrogen and oxygen atoms in total. The molecule has 0 unspecified atom stereocenters. The second-order valence-corrected chi connectivity index (χ2v) is 6.62. The zero-order chi connectivity index (χ0) is 21.2. The number of methoxy groups -OCH3 is 1. The Kier molecular flexibility index (Phi) is 8.27. The highest BCUT2D eigenvalue weighted by atomic mass is 16.5. The van der Waals surface area contributed by atoms with Gasteiger partial charge in [-0.15, -0.1) is 0 Å². The fourth-order valence-corrected chi connectivity index (χ4v) is 2.51. The Morgan fingerprint density at radius 3 is 2.41 bits per heavy atom. The highest BCUT2D eigenvalue weighted by Gasteiger charge is 2.08. The van der Waals surface area contributed by atoms with Gasteiger partial charge in [0.2, 0.25) is 0 Å². The van der Waals surface area contributed by atoms with Crippen molar-refractivity contribution in [2.24, 2.45) is 0 Å². The molecule has 0 saturated heterocycles. The van der Waals surface area contributed by atoms with Crippen LogP contribution in [0, 0.1) is 0 Å². The predicted octanol–water partition coefficient (Wildman–Crippen LogP) is 4.24. The van der Waals surface area contributed by atoms with E-state index >= 15 is 0 Å². The minimum Gasteiger partial charge on any atom is -0.493 e. The molecule has 1 amide bonds. The van der Waals surface area contributed by atoms with Crippen molar-refractivity contribution in [2.45, 2.75) is 33.3 Å². The van der Waals surface area contributed by atoms with Crippen molar-refractivity contribution in [3.8, 4) is 11.5 Å². The van der Waals surface area contributed by atoms with Crippen LogP contribution < -0.4 is 14.8 Å². The van der Waals surface area contributed by atoms with E-state index < -0.39 is 11.9 Å². The van der Waals surface area contributed by atoms with E-state index in [0.29, 0.717) is 17.2 Å². The molecule has 0 aliphatic heterocycles. The molecule has 0 aliphatic carbocycles. The molecule has 29 heavy (non-hydrogen) atoms. The Morgan fingerprint density at radius 1 is 1.07 bits per heavy atom. The number of amides is 1. The number of aryl methyl sites for hydroxylation is 1. The van der Waals surface area contributed by atoms with Crippen molar-refractivity contribution < 1.29 is 23.8 Å². The molecule has 0 spiro atoms. The summed E-state index contributed by atoms with van der Waals surface area (Å²) >= 11 is 0. The van der Waals surface area contributed by atoms with Crippen LogP contribution in [0.4, 0.5) is 5.69 Å². The van der Waals surface area contributed by atoms with Crippen LogP contribution in [-0.2, 0) is 20.7 Å². The topological polar surface area (TPSA) is 73.9 Å². The molecule has 2 aromatic carbocycles. The lowest BCUT2D eigenvalue weighted by Gasteiger charge is -2.13. The summed E-state index contributed by atoms with van der Waals surface area (Å²) in [4.78, 5) is 23.8. The number of benzene rings is 2. The van der Waals surface area contributed by atoms with Gasteiger partial charge >= 0.3 is 5.97 Å². The Balaban J connectivity index is 1.86. The Morgan fingerprint density at radius 2 is 1.79 bits per heavy atom. The molecule has 6 heteroatoms. The molecule has 2 aromatic rings. The van der Waals surface area contributed by atoms with E-state index in [1.54, 1.807) is 31.4 Å². The monoisotopic (exact) mass is 397 g/mol. The number of hydrogen-bond donors (Lipinski definition) is 1. The van der Waals surface area contributed by atoms with Crippen molar-refractivity contribution in [3.05, 3.63) is 59.7 Å². The molecule has 0 atom stereocenters. The van der Waals surface area contributed by atoms with E-state index in [9.17, 15) is 9.59 Å². The van der Waals surface area contributed by atoms with Gasteiger partial charge in [-0.3, -0.25) is 4.79 Å². The molecule has 0 saturated carbocycles. The fourth-order valence-electron chi connectivity index (χ4n) is 2.51. The van der Waals surface area contributed by atoms with Crippen molar-refractivity contribution in [1.82, 2.24) is 0 Å². The third-order valence-electron chi connectivity index (χ3n) is 3.95. The number of rotatable bonds is 9. The van der Waals surface area contributed by atoms with Gasteiger partial charge in [0.05, 0.1) is 13.2 Å². The largest absolute Gasteiger partial charge is 0.493 e. The number of nitrogens with one attached hydrogen (secondary N) is 1. The van der Waals surface area contributed by atoms with Gasteiger partial charge in [-0.1, -0.05) is 25.1 Å². The molecule has 154 valence electrons. The molecule has 1 N–H and O–H groups in total. The lowest BCUT2D eigenvalue weighted by molar-refractivity contribution is -0.142. The SMILES string of the molecule is CCc1ccc(NC(=O)COC(=O)/C=C/c2ccc(OC(C)C)c(OC)c2)cc1. The van der Waals surface area contributed by atoms with Crippen LogP contribution in [0.5, 0.6) is 11.5 Å². The molecule has 0 radical (unpaired) electrons. The summed E-state index contributed by atoms with van der Waals surface area (Å²) in [6.45, 7) is 5.56.